The summed E-state index contributed by atoms with van der Waals surface area (Å²) in [5.41, 5.74) is 0.544. The van der Waals surface area contributed by atoms with Crippen LogP contribution in [0.4, 0.5) is 0 Å². The molecule has 2 N–H and O–H groups in total. The minimum absolute atomic E-state index is 0.291. The number of rotatable bonds is 4. The number of nitrogens with zero attached hydrogens (tertiary/aromatic N) is 1. The Morgan fingerprint density at radius 3 is 2.71 bits per heavy atom. The third kappa shape index (κ3) is 3.10. The van der Waals surface area contributed by atoms with Crippen molar-refractivity contribution in [1.29, 1.82) is 0 Å². The quantitative estimate of drug-likeness (QED) is 0.618. The lowest BCUT2D eigenvalue weighted by atomic mass is 10.0. The fraction of sp³-hybridized carbons (Fsp3) is 0.444. The number of pyridine rings is 1. The smallest absolute Gasteiger partial charge is 0.129 e. The summed E-state index contributed by atoms with van der Waals surface area (Å²) in [5, 5.41) is 19.4. The molecule has 0 radical (unpaired) electrons. The Balaban J connectivity index is 2.73. The van der Waals surface area contributed by atoms with Gasteiger partial charge < -0.3 is 10.2 Å². The first-order valence-electron chi connectivity index (χ1n) is 4.18. The molecule has 1 aromatic heterocycles. The van der Waals surface area contributed by atoms with Gasteiger partial charge in [-0.2, -0.15) is 0 Å². The molecule has 1 heterocycles. The summed E-state index contributed by atoms with van der Waals surface area (Å²) in [4.78, 5) is 3.77. The van der Waals surface area contributed by atoms with Gasteiger partial charge in [0.15, 0.2) is 0 Å². The minimum Gasteiger partial charge on any atom is -0.390 e. The molecular weight excluding hydrogens is 225 g/mol. The second-order valence-electron chi connectivity index (χ2n) is 2.90. The van der Waals surface area contributed by atoms with Crippen LogP contribution >= 0.6 is 23.2 Å². The molecule has 78 valence electrons. The van der Waals surface area contributed by atoms with Crippen LogP contribution in [-0.4, -0.2) is 27.2 Å². The molecule has 5 heteroatoms. The van der Waals surface area contributed by atoms with Gasteiger partial charge >= 0.3 is 0 Å². The Hall–Kier alpha value is -0.350. The largest absolute Gasteiger partial charge is 0.390 e. The molecule has 0 saturated carbocycles. The van der Waals surface area contributed by atoms with Crippen LogP contribution < -0.4 is 0 Å². The van der Waals surface area contributed by atoms with E-state index in [1.54, 1.807) is 6.07 Å². The van der Waals surface area contributed by atoms with E-state index in [1.165, 1.54) is 12.3 Å². The number of hydrogen-bond donors (Lipinski definition) is 2. The van der Waals surface area contributed by atoms with E-state index in [-0.39, 0.29) is 0 Å². The van der Waals surface area contributed by atoms with Crippen LogP contribution in [0, 0.1) is 0 Å². The molecule has 1 aromatic rings. The van der Waals surface area contributed by atoms with Gasteiger partial charge in [-0.1, -0.05) is 11.6 Å². The summed E-state index contributed by atoms with van der Waals surface area (Å²) in [5.74, 6) is 0.303. The number of aliphatic hydroxyl groups is 2. The van der Waals surface area contributed by atoms with E-state index in [1.807, 2.05) is 0 Å². The maximum Gasteiger partial charge on any atom is 0.129 e. The monoisotopic (exact) mass is 235 g/mol. The Morgan fingerprint density at radius 1 is 1.43 bits per heavy atom. The normalized spacial score (nSPS) is 15.1. The lowest BCUT2D eigenvalue weighted by molar-refractivity contribution is 0.0169. The van der Waals surface area contributed by atoms with Gasteiger partial charge in [-0.3, -0.25) is 0 Å². The fourth-order valence-electron chi connectivity index (χ4n) is 1.09. The summed E-state index contributed by atoms with van der Waals surface area (Å²) in [6.45, 7) is 0. The van der Waals surface area contributed by atoms with Crippen molar-refractivity contribution in [3.63, 3.8) is 0 Å². The molecule has 0 bridgehead atoms. The molecule has 2 atom stereocenters. The van der Waals surface area contributed by atoms with Gasteiger partial charge in [-0.15, -0.1) is 11.6 Å². The Morgan fingerprint density at radius 2 is 2.14 bits per heavy atom. The zero-order valence-corrected chi connectivity index (χ0v) is 8.91. The van der Waals surface area contributed by atoms with E-state index in [9.17, 15) is 10.2 Å². The van der Waals surface area contributed by atoms with Gasteiger partial charge in [0.2, 0.25) is 0 Å². The maximum atomic E-state index is 9.65. The molecule has 0 aliphatic heterocycles. The molecule has 2 unspecified atom stereocenters. The average molecular weight is 236 g/mol. The highest BCUT2D eigenvalue weighted by Crippen LogP contribution is 2.20. The van der Waals surface area contributed by atoms with Crippen LogP contribution in [0.25, 0.3) is 0 Å². The van der Waals surface area contributed by atoms with Gasteiger partial charge in [0.05, 0.1) is 6.10 Å². The SMILES string of the molecule is OC(CCCl)C(O)c1ccnc(Cl)c1. The number of hydrogen-bond acceptors (Lipinski definition) is 3. The zero-order chi connectivity index (χ0) is 10.6. The van der Waals surface area contributed by atoms with Crippen LogP contribution in [0.3, 0.4) is 0 Å². The van der Waals surface area contributed by atoms with Crippen molar-refractivity contribution in [2.75, 3.05) is 5.88 Å². The van der Waals surface area contributed by atoms with E-state index >= 15 is 0 Å². The van der Waals surface area contributed by atoms with E-state index in [2.05, 4.69) is 4.98 Å². The second kappa shape index (κ2) is 5.51. The van der Waals surface area contributed by atoms with Crippen molar-refractivity contribution in [2.45, 2.75) is 18.6 Å². The van der Waals surface area contributed by atoms with Gasteiger partial charge in [0.25, 0.3) is 0 Å². The summed E-state index contributed by atoms with van der Waals surface area (Å²) in [6, 6.07) is 3.12. The highest BCUT2D eigenvalue weighted by molar-refractivity contribution is 6.29. The van der Waals surface area contributed by atoms with E-state index < -0.39 is 12.2 Å². The molecule has 0 aliphatic rings. The minimum atomic E-state index is -0.964. The van der Waals surface area contributed by atoms with Crippen molar-refractivity contribution in [3.8, 4) is 0 Å². The first-order valence-corrected chi connectivity index (χ1v) is 5.10. The fourth-order valence-corrected chi connectivity index (χ4v) is 1.50. The summed E-state index contributed by atoms with van der Waals surface area (Å²) in [6.07, 6.45) is -0.0167. The third-order valence-electron chi connectivity index (χ3n) is 1.86. The molecule has 3 nitrogen and oxygen atoms in total. The van der Waals surface area contributed by atoms with Gasteiger partial charge in [-0.05, 0) is 24.1 Å². The maximum absolute atomic E-state index is 9.65. The van der Waals surface area contributed by atoms with E-state index in [0.717, 1.165) is 0 Å². The van der Waals surface area contributed by atoms with Crippen molar-refractivity contribution in [2.24, 2.45) is 0 Å². The Labute approximate surface area is 92.3 Å². The lowest BCUT2D eigenvalue weighted by Gasteiger charge is -2.16. The summed E-state index contributed by atoms with van der Waals surface area (Å²) in [7, 11) is 0. The van der Waals surface area contributed by atoms with Crippen molar-refractivity contribution < 1.29 is 10.2 Å². The number of halogens is 2. The molecular formula is C9H11Cl2NO2. The average Bonchev–Trinajstić information content (AvgIpc) is 2.17. The van der Waals surface area contributed by atoms with Gasteiger partial charge in [-0.25, -0.2) is 4.98 Å². The van der Waals surface area contributed by atoms with Crippen LogP contribution in [-0.2, 0) is 0 Å². The molecule has 0 fully saturated rings. The molecule has 0 amide bonds. The topological polar surface area (TPSA) is 53.4 Å². The van der Waals surface area contributed by atoms with Crippen LogP contribution in [0.2, 0.25) is 5.15 Å². The summed E-state index contributed by atoms with van der Waals surface area (Å²) >= 11 is 11.1. The highest BCUT2D eigenvalue weighted by atomic mass is 35.5. The first-order chi connectivity index (χ1) is 6.65. The Bertz CT molecular complexity index is 296. The van der Waals surface area contributed by atoms with E-state index in [0.29, 0.717) is 23.0 Å². The molecule has 0 saturated heterocycles. The Kier molecular flexibility index (Phi) is 4.62. The number of alkyl halides is 1. The predicted octanol–water partition coefficient (Wildman–Crippen LogP) is 1.76. The predicted molar refractivity (Wildman–Crippen MR) is 55.6 cm³/mol. The molecule has 0 aliphatic carbocycles. The van der Waals surface area contributed by atoms with E-state index in [4.69, 9.17) is 23.2 Å². The van der Waals surface area contributed by atoms with Crippen molar-refractivity contribution in [3.05, 3.63) is 29.0 Å². The first kappa shape index (κ1) is 11.7. The molecule has 14 heavy (non-hydrogen) atoms. The molecule has 1 rings (SSSR count). The van der Waals surface area contributed by atoms with Crippen LogP contribution in [0.15, 0.2) is 18.3 Å². The van der Waals surface area contributed by atoms with Crippen LogP contribution in [0.5, 0.6) is 0 Å². The standard InChI is InChI=1S/C9H11Cl2NO2/c10-3-1-7(13)9(14)6-2-4-12-8(11)5-6/h2,4-5,7,9,13-14H,1,3H2. The van der Waals surface area contributed by atoms with Gasteiger partial charge in [0.1, 0.15) is 11.3 Å². The number of aliphatic hydroxyl groups excluding tert-OH is 2. The number of aromatic nitrogens is 1. The van der Waals surface area contributed by atoms with Gasteiger partial charge in [0, 0.05) is 12.1 Å². The summed E-state index contributed by atoms with van der Waals surface area (Å²) < 4.78 is 0. The van der Waals surface area contributed by atoms with Crippen LogP contribution in [0.1, 0.15) is 18.1 Å². The highest BCUT2D eigenvalue weighted by Gasteiger charge is 2.17. The molecule has 0 spiro atoms. The van der Waals surface area contributed by atoms with Crippen molar-refractivity contribution in [1.82, 2.24) is 4.98 Å². The second-order valence-corrected chi connectivity index (χ2v) is 3.67. The third-order valence-corrected chi connectivity index (χ3v) is 2.29. The molecule has 0 aromatic carbocycles. The lowest BCUT2D eigenvalue weighted by Crippen LogP contribution is -2.18. The van der Waals surface area contributed by atoms with Crippen molar-refractivity contribution >= 4 is 23.2 Å². The zero-order valence-electron chi connectivity index (χ0n) is 7.40.